The first kappa shape index (κ1) is 10.2. The highest BCUT2D eigenvalue weighted by molar-refractivity contribution is 5.85. The fourth-order valence-corrected chi connectivity index (χ4v) is 1.91. The summed E-state index contributed by atoms with van der Waals surface area (Å²) >= 11 is 0. The van der Waals surface area contributed by atoms with Gasteiger partial charge in [-0.15, -0.1) is 0 Å². The number of nitrogens with zero attached hydrogens (tertiary/aromatic N) is 1. The number of hydrogen-bond acceptors (Lipinski definition) is 2. The number of nitrogens with one attached hydrogen (secondary N) is 1. The second kappa shape index (κ2) is 4.96. The van der Waals surface area contributed by atoms with Crippen LogP contribution in [0.4, 0.5) is 5.69 Å². The molecule has 0 spiro atoms. The highest BCUT2D eigenvalue weighted by Gasteiger charge is 2.06. The summed E-state index contributed by atoms with van der Waals surface area (Å²) in [5.41, 5.74) is 6.86. The van der Waals surface area contributed by atoms with Gasteiger partial charge in [0.05, 0.1) is 5.69 Å². The third-order valence-corrected chi connectivity index (χ3v) is 2.91. The predicted molar refractivity (Wildman–Crippen MR) is 65.3 cm³/mol. The molecule has 2 rings (SSSR count). The van der Waals surface area contributed by atoms with Gasteiger partial charge in [0.1, 0.15) is 0 Å². The molecule has 0 saturated heterocycles. The third-order valence-electron chi connectivity index (χ3n) is 2.91. The molecule has 1 aromatic carbocycles. The second-order valence-corrected chi connectivity index (χ2v) is 4.17. The topological polar surface area (TPSA) is 24.4 Å². The SMILES string of the molecule is Cc1ccccc1NN=C1CCCCC1. The molecule has 0 atom stereocenters. The lowest BCUT2D eigenvalue weighted by Crippen LogP contribution is -2.07. The molecule has 2 heteroatoms. The van der Waals surface area contributed by atoms with Crippen LogP contribution in [0.3, 0.4) is 0 Å². The monoisotopic (exact) mass is 202 g/mol. The van der Waals surface area contributed by atoms with E-state index < -0.39 is 0 Å². The molecule has 0 unspecified atom stereocenters. The fourth-order valence-electron chi connectivity index (χ4n) is 1.91. The van der Waals surface area contributed by atoms with Crippen LogP contribution in [0.1, 0.15) is 37.7 Å². The smallest absolute Gasteiger partial charge is 0.0590 e. The molecule has 0 bridgehead atoms. The van der Waals surface area contributed by atoms with Gasteiger partial charge in [-0.3, -0.25) is 5.43 Å². The first-order chi connectivity index (χ1) is 7.36. The van der Waals surface area contributed by atoms with Crippen molar-refractivity contribution in [1.29, 1.82) is 0 Å². The van der Waals surface area contributed by atoms with Gasteiger partial charge in [-0.2, -0.15) is 5.10 Å². The molecule has 1 aliphatic rings. The Balaban J connectivity index is 2.00. The van der Waals surface area contributed by atoms with Crippen molar-refractivity contribution in [1.82, 2.24) is 0 Å². The average molecular weight is 202 g/mol. The van der Waals surface area contributed by atoms with Crippen molar-refractivity contribution < 1.29 is 0 Å². The van der Waals surface area contributed by atoms with Crippen molar-refractivity contribution >= 4 is 11.4 Å². The predicted octanol–water partition coefficient (Wildman–Crippen LogP) is 3.73. The maximum atomic E-state index is 4.48. The number of rotatable bonds is 2. The molecular weight excluding hydrogens is 184 g/mol. The van der Waals surface area contributed by atoms with E-state index in [1.165, 1.54) is 43.4 Å². The summed E-state index contributed by atoms with van der Waals surface area (Å²) in [6.45, 7) is 2.10. The molecule has 0 heterocycles. The molecule has 0 radical (unpaired) electrons. The lowest BCUT2D eigenvalue weighted by molar-refractivity contribution is 0.665. The molecule has 1 aliphatic carbocycles. The van der Waals surface area contributed by atoms with Crippen LogP contribution in [0.2, 0.25) is 0 Å². The first-order valence-electron chi connectivity index (χ1n) is 5.73. The van der Waals surface area contributed by atoms with Gasteiger partial charge in [0.25, 0.3) is 0 Å². The van der Waals surface area contributed by atoms with E-state index in [0.717, 1.165) is 5.69 Å². The van der Waals surface area contributed by atoms with Crippen molar-refractivity contribution in [2.75, 3.05) is 5.43 Å². The Bertz CT molecular complexity index is 347. The summed E-state index contributed by atoms with van der Waals surface area (Å²) in [4.78, 5) is 0. The molecular formula is C13H18N2. The van der Waals surface area contributed by atoms with E-state index >= 15 is 0 Å². The molecule has 1 N–H and O–H groups in total. The van der Waals surface area contributed by atoms with Crippen LogP contribution < -0.4 is 5.43 Å². The van der Waals surface area contributed by atoms with Crippen LogP contribution >= 0.6 is 0 Å². The van der Waals surface area contributed by atoms with Crippen LogP contribution in [-0.2, 0) is 0 Å². The van der Waals surface area contributed by atoms with E-state index in [-0.39, 0.29) is 0 Å². The lowest BCUT2D eigenvalue weighted by atomic mass is 9.99. The molecule has 1 aromatic rings. The van der Waals surface area contributed by atoms with Crippen molar-refractivity contribution in [3.8, 4) is 0 Å². The maximum absolute atomic E-state index is 4.48. The zero-order chi connectivity index (χ0) is 10.5. The Kier molecular flexibility index (Phi) is 3.38. The summed E-state index contributed by atoms with van der Waals surface area (Å²) < 4.78 is 0. The molecule has 80 valence electrons. The van der Waals surface area contributed by atoms with Crippen LogP contribution in [0, 0.1) is 6.92 Å². The fraction of sp³-hybridized carbons (Fsp3) is 0.462. The van der Waals surface area contributed by atoms with Gasteiger partial charge >= 0.3 is 0 Å². The van der Waals surface area contributed by atoms with Crippen LogP contribution in [0.25, 0.3) is 0 Å². The summed E-state index contributed by atoms with van der Waals surface area (Å²) in [6.07, 6.45) is 6.30. The number of anilines is 1. The molecule has 15 heavy (non-hydrogen) atoms. The highest BCUT2D eigenvalue weighted by Crippen LogP contribution is 2.17. The van der Waals surface area contributed by atoms with E-state index in [4.69, 9.17) is 0 Å². The first-order valence-corrected chi connectivity index (χ1v) is 5.73. The number of para-hydroxylation sites is 1. The Labute approximate surface area is 91.4 Å². The van der Waals surface area contributed by atoms with Gasteiger partial charge in [-0.25, -0.2) is 0 Å². The number of hydrogen-bond donors (Lipinski definition) is 1. The standard InChI is InChI=1S/C13H18N2/c1-11-7-5-6-10-13(11)15-14-12-8-3-2-4-9-12/h5-7,10,15H,2-4,8-9H2,1H3. The van der Waals surface area contributed by atoms with Crippen molar-refractivity contribution in [3.63, 3.8) is 0 Å². The quantitative estimate of drug-likeness (QED) is 0.726. The maximum Gasteiger partial charge on any atom is 0.0590 e. The number of hydrazone groups is 1. The number of benzene rings is 1. The largest absolute Gasteiger partial charge is 0.278 e. The van der Waals surface area contributed by atoms with Gasteiger partial charge in [-0.05, 0) is 44.2 Å². The van der Waals surface area contributed by atoms with Crippen molar-refractivity contribution in [2.45, 2.75) is 39.0 Å². The van der Waals surface area contributed by atoms with E-state index in [9.17, 15) is 0 Å². The molecule has 0 aliphatic heterocycles. The second-order valence-electron chi connectivity index (χ2n) is 4.17. The van der Waals surface area contributed by atoms with E-state index in [2.05, 4.69) is 29.6 Å². The van der Waals surface area contributed by atoms with Gasteiger partial charge in [0.15, 0.2) is 0 Å². The van der Waals surface area contributed by atoms with Crippen LogP contribution in [0.5, 0.6) is 0 Å². The minimum atomic E-state index is 1.12. The summed E-state index contributed by atoms with van der Waals surface area (Å²) in [5, 5.41) is 4.48. The van der Waals surface area contributed by atoms with E-state index in [0.29, 0.717) is 0 Å². The minimum absolute atomic E-state index is 1.12. The average Bonchev–Trinajstić information content (AvgIpc) is 2.29. The van der Waals surface area contributed by atoms with Crippen molar-refractivity contribution in [3.05, 3.63) is 29.8 Å². The Morgan fingerprint density at radius 1 is 1.07 bits per heavy atom. The van der Waals surface area contributed by atoms with Crippen molar-refractivity contribution in [2.24, 2.45) is 5.10 Å². The number of aryl methyl sites for hydroxylation is 1. The lowest BCUT2D eigenvalue weighted by Gasteiger charge is -2.13. The Morgan fingerprint density at radius 2 is 1.80 bits per heavy atom. The summed E-state index contributed by atoms with van der Waals surface area (Å²) in [5.74, 6) is 0. The summed E-state index contributed by atoms with van der Waals surface area (Å²) in [7, 11) is 0. The molecule has 0 amide bonds. The zero-order valence-corrected chi connectivity index (χ0v) is 9.29. The van der Waals surface area contributed by atoms with Gasteiger partial charge < -0.3 is 0 Å². The molecule has 2 nitrogen and oxygen atoms in total. The molecule has 1 fully saturated rings. The van der Waals surface area contributed by atoms with E-state index in [1.54, 1.807) is 0 Å². The van der Waals surface area contributed by atoms with Gasteiger partial charge in [0, 0.05) is 5.71 Å². The third kappa shape index (κ3) is 2.82. The highest BCUT2D eigenvalue weighted by atomic mass is 15.3. The molecule has 1 saturated carbocycles. The molecule has 0 aromatic heterocycles. The minimum Gasteiger partial charge on any atom is -0.278 e. The van der Waals surface area contributed by atoms with Crippen LogP contribution in [0.15, 0.2) is 29.4 Å². The Morgan fingerprint density at radius 3 is 2.53 bits per heavy atom. The van der Waals surface area contributed by atoms with Gasteiger partial charge in [0.2, 0.25) is 0 Å². The zero-order valence-electron chi connectivity index (χ0n) is 9.29. The Hall–Kier alpha value is -1.31. The van der Waals surface area contributed by atoms with Crippen LogP contribution in [-0.4, -0.2) is 5.71 Å². The van der Waals surface area contributed by atoms with Gasteiger partial charge in [-0.1, -0.05) is 24.6 Å². The normalized spacial score (nSPS) is 16.2. The van der Waals surface area contributed by atoms with E-state index in [1.807, 2.05) is 12.1 Å². The summed E-state index contributed by atoms with van der Waals surface area (Å²) in [6, 6.07) is 8.26.